The van der Waals surface area contributed by atoms with E-state index in [1.165, 1.54) is 0 Å². The Labute approximate surface area is 100 Å². The molecule has 0 amide bonds. The number of aliphatic hydroxyl groups is 2. The fraction of sp³-hybridized carbons (Fsp3) is 1.00. The number of hydrogen-bond acceptors (Lipinski definition) is 4. The zero-order chi connectivity index (χ0) is 12.8. The van der Waals surface area contributed by atoms with Crippen LogP contribution in [0.2, 0.25) is 0 Å². The van der Waals surface area contributed by atoms with Crippen molar-refractivity contribution >= 4 is 0 Å². The number of hydrogen-bond donors (Lipinski definition) is 4. The van der Waals surface area contributed by atoms with Crippen molar-refractivity contribution in [1.29, 1.82) is 0 Å². The van der Waals surface area contributed by atoms with Crippen LogP contribution in [0.4, 0.5) is 0 Å². The third-order valence-electron chi connectivity index (χ3n) is 2.23. The van der Waals surface area contributed by atoms with Crippen LogP contribution in [0, 0.1) is 0 Å². The van der Waals surface area contributed by atoms with Crippen LogP contribution in [0.1, 0.15) is 40.5 Å². The molecular weight excluding hydrogens is 204 g/mol. The molecule has 16 heavy (non-hydrogen) atoms. The molecule has 2 atom stereocenters. The lowest BCUT2D eigenvalue weighted by Crippen LogP contribution is -2.26. The van der Waals surface area contributed by atoms with Crippen LogP contribution in [0.3, 0.4) is 0 Å². The summed E-state index contributed by atoms with van der Waals surface area (Å²) < 4.78 is 0. The zero-order valence-corrected chi connectivity index (χ0v) is 11.3. The molecule has 100 valence electrons. The highest BCUT2D eigenvalue weighted by Gasteiger charge is 1.95. The van der Waals surface area contributed by atoms with Crippen LogP contribution >= 0.6 is 0 Å². The van der Waals surface area contributed by atoms with E-state index in [-0.39, 0.29) is 13.2 Å². The summed E-state index contributed by atoms with van der Waals surface area (Å²) in [5, 5.41) is 23.2. The standard InChI is InChI=1S/2C6H15NO/c2*1-3-7-6(2)4-5-8/h2*6-8H,3-5H2,1-2H3. The van der Waals surface area contributed by atoms with Gasteiger partial charge in [-0.1, -0.05) is 13.8 Å². The average Bonchev–Trinajstić information content (AvgIpc) is 2.20. The van der Waals surface area contributed by atoms with Crippen molar-refractivity contribution in [2.75, 3.05) is 26.3 Å². The van der Waals surface area contributed by atoms with Crippen molar-refractivity contribution in [3.05, 3.63) is 0 Å². The zero-order valence-electron chi connectivity index (χ0n) is 11.3. The summed E-state index contributed by atoms with van der Waals surface area (Å²) in [6, 6.07) is 0.926. The van der Waals surface area contributed by atoms with E-state index in [4.69, 9.17) is 10.2 Å². The number of aliphatic hydroxyl groups excluding tert-OH is 2. The summed E-state index contributed by atoms with van der Waals surface area (Å²) >= 11 is 0. The summed E-state index contributed by atoms with van der Waals surface area (Å²) in [6.07, 6.45) is 1.71. The minimum absolute atomic E-state index is 0.286. The van der Waals surface area contributed by atoms with Crippen LogP contribution in [-0.4, -0.2) is 48.6 Å². The van der Waals surface area contributed by atoms with E-state index in [9.17, 15) is 0 Å². The van der Waals surface area contributed by atoms with E-state index in [1.807, 2.05) is 0 Å². The first kappa shape index (κ1) is 18.2. The molecule has 0 aromatic heterocycles. The lowest BCUT2D eigenvalue weighted by atomic mass is 10.2. The minimum Gasteiger partial charge on any atom is -0.396 e. The van der Waals surface area contributed by atoms with Crippen LogP contribution in [0.25, 0.3) is 0 Å². The quantitative estimate of drug-likeness (QED) is 0.500. The average molecular weight is 234 g/mol. The van der Waals surface area contributed by atoms with Gasteiger partial charge >= 0.3 is 0 Å². The molecule has 2 unspecified atom stereocenters. The molecule has 0 rings (SSSR count). The first-order valence-corrected chi connectivity index (χ1v) is 6.30. The Kier molecular flexibility index (Phi) is 16.9. The van der Waals surface area contributed by atoms with Gasteiger partial charge in [0.25, 0.3) is 0 Å². The predicted octanol–water partition coefficient (Wildman–Crippen LogP) is 0.734. The highest BCUT2D eigenvalue weighted by Crippen LogP contribution is 1.86. The highest BCUT2D eigenvalue weighted by atomic mass is 16.3. The van der Waals surface area contributed by atoms with Crippen molar-refractivity contribution in [3.63, 3.8) is 0 Å². The molecule has 0 aliphatic rings. The molecule has 0 aromatic rings. The summed E-state index contributed by atoms with van der Waals surface area (Å²) in [4.78, 5) is 0. The lowest BCUT2D eigenvalue weighted by molar-refractivity contribution is 0.269. The maximum Gasteiger partial charge on any atom is 0.0445 e. The van der Waals surface area contributed by atoms with Gasteiger partial charge < -0.3 is 20.8 Å². The molecule has 0 aliphatic carbocycles. The first-order chi connectivity index (χ1) is 7.62. The van der Waals surface area contributed by atoms with Crippen molar-refractivity contribution in [3.8, 4) is 0 Å². The van der Waals surface area contributed by atoms with E-state index < -0.39 is 0 Å². The molecule has 0 aliphatic heterocycles. The van der Waals surface area contributed by atoms with E-state index >= 15 is 0 Å². The van der Waals surface area contributed by atoms with Gasteiger partial charge in [0.1, 0.15) is 0 Å². The van der Waals surface area contributed by atoms with Gasteiger partial charge in [-0.05, 0) is 39.8 Å². The molecule has 0 saturated carbocycles. The molecule has 0 aromatic carbocycles. The maximum atomic E-state index is 8.42. The van der Waals surface area contributed by atoms with Gasteiger partial charge in [0.2, 0.25) is 0 Å². The van der Waals surface area contributed by atoms with Gasteiger partial charge in [-0.15, -0.1) is 0 Å². The molecule has 0 fully saturated rings. The molecule has 0 radical (unpaired) electrons. The molecule has 0 spiro atoms. The maximum absolute atomic E-state index is 8.42. The summed E-state index contributed by atoms with van der Waals surface area (Å²) in [7, 11) is 0. The summed E-state index contributed by atoms with van der Waals surface area (Å²) in [6.45, 7) is 10.8. The Morgan fingerprint density at radius 1 is 0.812 bits per heavy atom. The molecule has 4 nitrogen and oxygen atoms in total. The summed E-state index contributed by atoms with van der Waals surface area (Å²) in [5.41, 5.74) is 0. The highest BCUT2D eigenvalue weighted by molar-refractivity contribution is 4.56. The van der Waals surface area contributed by atoms with Crippen molar-refractivity contribution < 1.29 is 10.2 Å². The predicted molar refractivity (Wildman–Crippen MR) is 69.7 cm³/mol. The second-order valence-electron chi connectivity index (χ2n) is 3.94. The van der Waals surface area contributed by atoms with Crippen molar-refractivity contribution in [1.82, 2.24) is 10.6 Å². The molecule has 4 heteroatoms. The van der Waals surface area contributed by atoms with Crippen molar-refractivity contribution in [2.24, 2.45) is 0 Å². The number of rotatable bonds is 8. The summed E-state index contributed by atoms with van der Waals surface area (Å²) in [5.74, 6) is 0. The first-order valence-electron chi connectivity index (χ1n) is 6.30. The lowest BCUT2D eigenvalue weighted by Gasteiger charge is -2.08. The fourth-order valence-electron chi connectivity index (χ4n) is 1.29. The Morgan fingerprint density at radius 2 is 1.12 bits per heavy atom. The second-order valence-corrected chi connectivity index (χ2v) is 3.94. The van der Waals surface area contributed by atoms with Gasteiger partial charge in [0, 0.05) is 25.3 Å². The smallest absolute Gasteiger partial charge is 0.0445 e. The Bertz CT molecular complexity index is 97.6. The van der Waals surface area contributed by atoms with Gasteiger partial charge in [0.05, 0.1) is 0 Å². The van der Waals surface area contributed by atoms with E-state index in [2.05, 4.69) is 38.3 Å². The largest absolute Gasteiger partial charge is 0.396 e. The fourth-order valence-corrected chi connectivity index (χ4v) is 1.29. The Balaban J connectivity index is 0. The SMILES string of the molecule is CCNC(C)CCO.CCNC(C)CCO. The van der Waals surface area contributed by atoms with E-state index in [0.717, 1.165) is 25.9 Å². The Morgan fingerprint density at radius 3 is 1.31 bits per heavy atom. The molecular formula is C12H30N2O2. The third-order valence-corrected chi connectivity index (χ3v) is 2.23. The van der Waals surface area contributed by atoms with Gasteiger partial charge in [0.15, 0.2) is 0 Å². The minimum atomic E-state index is 0.286. The Hall–Kier alpha value is -0.160. The topological polar surface area (TPSA) is 64.5 Å². The molecule has 0 heterocycles. The van der Waals surface area contributed by atoms with E-state index in [1.54, 1.807) is 0 Å². The van der Waals surface area contributed by atoms with Crippen LogP contribution in [0.15, 0.2) is 0 Å². The van der Waals surface area contributed by atoms with Gasteiger partial charge in [-0.3, -0.25) is 0 Å². The molecule has 0 saturated heterocycles. The second kappa shape index (κ2) is 14.8. The molecule has 0 bridgehead atoms. The van der Waals surface area contributed by atoms with Crippen LogP contribution in [0.5, 0.6) is 0 Å². The van der Waals surface area contributed by atoms with Gasteiger partial charge in [-0.25, -0.2) is 0 Å². The van der Waals surface area contributed by atoms with Gasteiger partial charge in [-0.2, -0.15) is 0 Å². The van der Waals surface area contributed by atoms with Crippen molar-refractivity contribution in [2.45, 2.75) is 52.6 Å². The van der Waals surface area contributed by atoms with Crippen LogP contribution < -0.4 is 10.6 Å². The monoisotopic (exact) mass is 234 g/mol. The number of nitrogens with one attached hydrogen (secondary N) is 2. The third kappa shape index (κ3) is 16.3. The molecule has 4 N–H and O–H groups in total. The van der Waals surface area contributed by atoms with E-state index in [0.29, 0.717) is 12.1 Å². The van der Waals surface area contributed by atoms with Crippen LogP contribution in [-0.2, 0) is 0 Å². The normalized spacial score (nSPS) is 13.9.